The lowest BCUT2D eigenvalue weighted by Crippen LogP contribution is -2.51. The normalized spacial score (nSPS) is 18.0. The summed E-state index contributed by atoms with van der Waals surface area (Å²) in [6, 6.07) is -0.251. The monoisotopic (exact) mass is 299 g/mol. The van der Waals surface area contributed by atoms with Gasteiger partial charge in [0.05, 0.1) is 10.8 Å². The van der Waals surface area contributed by atoms with Gasteiger partial charge >= 0.3 is 12.0 Å². The van der Waals surface area contributed by atoms with Crippen molar-refractivity contribution in [3.05, 3.63) is 0 Å². The van der Waals surface area contributed by atoms with Crippen LogP contribution < -0.4 is 10.6 Å². The van der Waals surface area contributed by atoms with E-state index in [1.54, 1.807) is 32.7 Å². The number of nitrogens with one attached hydrogen (secondary N) is 2. The number of amides is 3. The average Bonchev–Trinajstić information content (AvgIpc) is 2.44. The van der Waals surface area contributed by atoms with Crippen LogP contribution in [0.2, 0.25) is 0 Å². The highest BCUT2D eigenvalue weighted by Crippen LogP contribution is 2.31. The molecule has 21 heavy (non-hydrogen) atoms. The summed E-state index contributed by atoms with van der Waals surface area (Å²) in [6.45, 7) is 6.27. The van der Waals surface area contributed by atoms with Crippen molar-refractivity contribution in [3.8, 4) is 0 Å². The summed E-state index contributed by atoms with van der Waals surface area (Å²) in [6.07, 6.45) is 0.878. The molecule has 7 nitrogen and oxygen atoms in total. The Labute approximate surface area is 125 Å². The zero-order valence-electron chi connectivity index (χ0n) is 13.2. The van der Waals surface area contributed by atoms with Gasteiger partial charge in [-0.1, -0.05) is 0 Å². The number of carbonyl (C=O) groups excluding carboxylic acids is 2. The molecule has 0 aromatic heterocycles. The summed E-state index contributed by atoms with van der Waals surface area (Å²) in [5.41, 5.74) is -1.44. The number of carbonyl (C=O) groups is 3. The van der Waals surface area contributed by atoms with Gasteiger partial charge in [0.25, 0.3) is 0 Å². The summed E-state index contributed by atoms with van der Waals surface area (Å²) in [7, 11) is 1.56. The average molecular weight is 299 g/mol. The van der Waals surface area contributed by atoms with Crippen molar-refractivity contribution in [3.63, 3.8) is 0 Å². The van der Waals surface area contributed by atoms with Gasteiger partial charge < -0.3 is 20.6 Å². The fourth-order valence-electron chi connectivity index (χ4n) is 2.24. The number of hydrogen-bond acceptors (Lipinski definition) is 3. The number of nitrogens with zero attached hydrogens (tertiary/aromatic N) is 1. The van der Waals surface area contributed by atoms with Crippen molar-refractivity contribution in [2.45, 2.75) is 33.6 Å². The number of urea groups is 1. The lowest BCUT2D eigenvalue weighted by Gasteiger charge is -2.36. The minimum atomic E-state index is -0.816. The molecule has 7 heteroatoms. The highest BCUT2D eigenvalue weighted by Gasteiger charge is 2.38. The molecule has 0 unspecified atom stereocenters. The molecule has 0 radical (unpaired) electrons. The summed E-state index contributed by atoms with van der Waals surface area (Å²) in [5, 5.41) is 14.5. The second-order valence-corrected chi connectivity index (χ2v) is 6.47. The first kappa shape index (κ1) is 17.3. The van der Waals surface area contributed by atoms with E-state index in [-0.39, 0.29) is 18.5 Å². The zero-order valence-corrected chi connectivity index (χ0v) is 13.2. The molecule has 0 aliphatic carbocycles. The Morgan fingerprint density at radius 1 is 1.24 bits per heavy atom. The highest BCUT2D eigenvalue weighted by molar-refractivity contribution is 5.83. The van der Waals surface area contributed by atoms with Gasteiger partial charge in [-0.3, -0.25) is 9.59 Å². The van der Waals surface area contributed by atoms with E-state index in [0.29, 0.717) is 25.9 Å². The number of likely N-dealkylation sites (tertiary alicyclic amines) is 1. The Balaban J connectivity index is 2.49. The molecular weight excluding hydrogens is 274 g/mol. The third-order valence-electron chi connectivity index (χ3n) is 4.19. The van der Waals surface area contributed by atoms with E-state index in [1.807, 2.05) is 0 Å². The predicted molar refractivity (Wildman–Crippen MR) is 77.8 cm³/mol. The van der Waals surface area contributed by atoms with E-state index >= 15 is 0 Å². The number of piperidine rings is 1. The Kier molecular flexibility index (Phi) is 5.20. The fraction of sp³-hybridized carbons (Fsp3) is 0.786. The first-order chi connectivity index (χ1) is 9.62. The molecular formula is C14H25N3O4. The molecule has 0 saturated carbocycles. The summed E-state index contributed by atoms with van der Waals surface area (Å²) in [5.74, 6) is -0.955. The van der Waals surface area contributed by atoms with E-state index in [0.717, 1.165) is 0 Å². The van der Waals surface area contributed by atoms with Crippen LogP contribution in [0.15, 0.2) is 0 Å². The third kappa shape index (κ3) is 4.09. The van der Waals surface area contributed by atoms with Crippen LogP contribution in [0.25, 0.3) is 0 Å². The smallest absolute Gasteiger partial charge is 0.317 e. The molecule has 3 N–H and O–H groups in total. The first-order valence-electron chi connectivity index (χ1n) is 7.11. The van der Waals surface area contributed by atoms with Crippen LogP contribution in [0.3, 0.4) is 0 Å². The molecule has 0 aromatic rings. The maximum Gasteiger partial charge on any atom is 0.317 e. The number of hydrogen-bond donors (Lipinski definition) is 3. The van der Waals surface area contributed by atoms with Gasteiger partial charge in [0, 0.05) is 26.7 Å². The van der Waals surface area contributed by atoms with E-state index < -0.39 is 16.8 Å². The molecule has 0 aromatic carbocycles. The first-order valence-corrected chi connectivity index (χ1v) is 7.11. The van der Waals surface area contributed by atoms with Crippen LogP contribution in [-0.2, 0) is 9.59 Å². The lowest BCUT2D eigenvalue weighted by molar-refractivity contribution is -0.150. The van der Waals surface area contributed by atoms with E-state index in [4.69, 9.17) is 5.11 Å². The topological polar surface area (TPSA) is 98.7 Å². The van der Waals surface area contributed by atoms with E-state index in [1.165, 1.54) is 0 Å². The lowest BCUT2D eigenvalue weighted by atomic mass is 9.80. The second kappa shape index (κ2) is 6.32. The maximum atomic E-state index is 12.1. The number of carboxylic acids is 1. The maximum absolute atomic E-state index is 12.1. The van der Waals surface area contributed by atoms with Crippen LogP contribution in [-0.4, -0.2) is 54.6 Å². The fourth-order valence-corrected chi connectivity index (χ4v) is 2.24. The largest absolute Gasteiger partial charge is 0.481 e. The van der Waals surface area contributed by atoms with Gasteiger partial charge in [-0.25, -0.2) is 4.79 Å². The number of rotatable bonds is 4. The van der Waals surface area contributed by atoms with Gasteiger partial charge in [-0.15, -0.1) is 0 Å². The van der Waals surface area contributed by atoms with Crippen LogP contribution >= 0.6 is 0 Å². The second-order valence-electron chi connectivity index (χ2n) is 6.47. The molecule has 0 bridgehead atoms. The molecule has 1 saturated heterocycles. The summed E-state index contributed by atoms with van der Waals surface area (Å²) >= 11 is 0. The van der Waals surface area contributed by atoms with Gasteiger partial charge in [0.2, 0.25) is 5.91 Å². The van der Waals surface area contributed by atoms with Crippen LogP contribution in [0.5, 0.6) is 0 Å². The summed E-state index contributed by atoms with van der Waals surface area (Å²) < 4.78 is 0. The van der Waals surface area contributed by atoms with Crippen molar-refractivity contribution < 1.29 is 19.5 Å². The Bertz CT molecular complexity index is 426. The van der Waals surface area contributed by atoms with Crippen LogP contribution in [0, 0.1) is 10.8 Å². The molecule has 1 rings (SSSR count). The summed E-state index contributed by atoms with van der Waals surface area (Å²) in [4.78, 5) is 36.5. The highest BCUT2D eigenvalue weighted by atomic mass is 16.4. The molecule has 0 spiro atoms. The minimum absolute atomic E-state index is 0.139. The molecule has 1 heterocycles. The Morgan fingerprint density at radius 2 is 1.76 bits per heavy atom. The SMILES string of the molecule is CNC(=O)C(C)(C)CNC(=O)N1CCC(C)(C(=O)O)CC1. The number of carboxylic acid groups (broad SMARTS) is 1. The number of aliphatic carboxylic acids is 1. The third-order valence-corrected chi connectivity index (χ3v) is 4.19. The van der Waals surface area contributed by atoms with Crippen molar-refractivity contribution in [1.29, 1.82) is 0 Å². The van der Waals surface area contributed by atoms with Crippen LogP contribution in [0.1, 0.15) is 33.6 Å². The van der Waals surface area contributed by atoms with Crippen molar-refractivity contribution in [1.82, 2.24) is 15.5 Å². The molecule has 120 valence electrons. The Morgan fingerprint density at radius 3 is 2.19 bits per heavy atom. The van der Waals surface area contributed by atoms with E-state index in [2.05, 4.69) is 10.6 Å². The van der Waals surface area contributed by atoms with Crippen LogP contribution in [0.4, 0.5) is 4.79 Å². The van der Waals surface area contributed by atoms with Gasteiger partial charge in [0.15, 0.2) is 0 Å². The molecule has 0 atom stereocenters. The molecule has 1 fully saturated rings. The molecule has 3 amide bonds. The minimum Gasteiger partial charge on any atom is -0.481 e. The zero-order chi connectivity index (χ0) is 16.3. The van der Waals surface area contributed by atoms with Gasteiger partial charge in [-0.2, -0.15) is 0 Å². The predicted octanol–water partition coefficient (Wildman–Crippen LogP) is 0.655. The molecule has 1 aliphatic rings. The standard InChI is InChI=1S/C14H25N3O4/c1-13(2,10(18)15-4)9-16-12(21)17-7-5-14(3,6-8-17)11(19)20/h5-9H2,1-4H3,(H,15,18)(H,16,21)(H,19,20). The van der Waals surface area contributed by atoms with Gasteiger partial charge in [0.1, 0.15) is 0 Å². The van der Waals surface area contributed by atoms with Gasteiger partial charge in [-0.05, 0) is 33.6 Å². The van der Waals surface area contributed by atoms with Crippen molar-refractivity contribution >= 4 is 17.9 Å². The molecule has 1 aliphatic heterocycles. The van der Waals surface area contributed by atoms with Crippen molar-refractivity contribution in [2.24, 2.45) is 10.8 Å². The van der Waals surface area contributed by atoms with E-state index in [9.17, 15) is 14.4 Å². The quantitative estimate of drug-likeness (QED) is 0.710. The van der Waals surface area contributed by atoms with Crippen molar-refractivity contribution in [2.75, 3.05) is 26.7 Å². The Hall–Kier alpha value is -1.79.